The Kier molecular flexibility index (Phi) is 5.02. The molecule has 6 nitrogen and oxygen atoms in total. The second-order valence-corrected chi connectivity index (χ2v) is 7.99. The quantitative estimate of drug-likeness (QED) is 0.818. The maximum atomic E-state index is 12.3. The summed E-state index contributed by atoms with van der Waals surface area (Å²) in [5.41, 5.74) is 0.477. The molecule has 2 aromatic heterocycles. The molecule has 2 heterocycles. The summed E-state index contributed by atoms with van der Waals surface area (Å²) >= 11 is 1.27. The van der Waals surface area contributed by atoms with Crippen molar-refractivity contribution in [2.24, 2.45) is 0 Å². The molecule has 0 aliphatic rings. The maximum Gasteiger partial charge on any atom is 0.271 e. The van der Waals surface area contributed by atoms with Crippen LogP contribution in [0.25, 0.3) is 0 Å². The van der Waals surface area contributed by atoms with E-state index >= 15 is 0 Å². The molecule has 2 N–H and O–H groups in total. The van der Waals surface area contributed by atoms with Gasteiger partial charge in [-0.15, -0.1) is 11.3 Å². The molecule has 0 fully saturated rings. The summed E-state index contributed by atoms with van der Waals surface area (Å²) in [4.78, 5) is 0.995. The molecular formula is C13H20N4O2S2. The van der Waals surface area contributed by atoms with E-state index in [2.05, 4.69) is 15.1 Å². The summed E-state index contributed by atoms with van der Waals surface area (Å²) in [6.45, 7) is 7.52. The van der Waals surface area contributed by atoms with Gasteiger partial charge in [0.05, 0.1) is 11.9 Å². The molecule has 0 unspecified atom stereocenters. The lowest BCUT2D eigenvalue weighted by atomic mass is 10.4. The SMILES string of the molecule is CCNCc1ccc(S(=O)(=O)Nc2cnn(C(C)C)c2)s1. The highest BCUT2D eigenvalue weighted by Gasteiger charge is 2.18. The molecule has 0 radical (unpaired) electrons. The van der Waals surface area contributed by atoms with Crippen molar-refractivity contribution in [1.82, 2.24) is 15.1 Å². The molecule has 0 bridgehead atoms. The van der Waals surface area contributed by atoms with Gasteiger partial charge in [-0.25, -0.2) is 8.42 Å². The van der Waals surface area contributed by atoms with Gasteiger partial charge in [0.2, 0.25) is 0 Å². The average Bonchev–Trinajstić information content (AvgIpc) is 3.04. The fourth-order valence-corrected chi connectivity index (χ4v) is 4.08. The highest BCUT2D eigenvalue weighted by Crippen LogP contribution is 2.24. The number of aromatic nitrogens is 2. The van der Waals surface area contributed by atoms with Crippen LogP contribution >= 0.6 is 11.3 Å². The van der Waals surface area contributed by atoms with Crippen LogP contribution in [0.3, 0.4) is 0 Å². The Morgan fingerprint density at radius 3 is 2.76 bits per heavy atom. The molecule has 0 aliphatic heterocycles. The van der Waals surface area contributed by atoms with E-state index in [1.165, 1.54) is 17.5 Å². The van der Waals surface area contributed by atoms with Crippen molar-refractivity contribution in [2.45, 2.75) is 37.6 Å². The van der Waals surface area contributed by atoms with Crippen LogP contribution in [0.5, 0.6) is 0 Å². The van der Waals surface area contributed by atoms with Crippen LogP contribution in [0.2, 0.25) is 0 Å². The van der Waals surface area contributed by atoms with Gasteiger partial charge >= 0.3 is 0 Å². The summed E-state index contributed by atoms with van der Waals surface area (Å²) in [5.74, 6) is 0. The maximum absolute atomic E-state index is 12.3. The highest BCUT2D eigenvalue weighted by molar-refractivity contribution is 7.94. The zero-order valence-corrected chi connectivity index (χ0v) is 14.0. The molecule has 0 aliphatic carbocycles. The first-order valence-corrected chi connectivity index (χ1v) is 9.08. The van der Waals surface area contributed by atoms with Crippen LogP contribution in [-0.2, 0) is 16.6 Å². The Morgan fingerprint density at radius 2 is 2.14 bits per heavy atom. The third-order valence-electron chi connectivity index (χ3n) is 2.83. The van der Waals surface area contributed by atoms with Crippen molar-refractivity contribution in [1.29, 1.82) is 0 Å². The third-order valence-corrected chi connectivity index (χ3v) is 5.79. The van der Waals surface area contributed by atoms with Gasteiger partial charge in [0, 0.05) is 23.7 Å². The second-order valence-electron chi connectivity index (χ2n) is 4.91. The second kappa shape index (κ2) is 6.59. The lowest BCUT2D eigenvalue weighted by Crippen LogP contribution is -2.11. The zero-order chi connectivity index (χ0) is 15.5. The normalized spacial score (nSPS) is 12.0. The molecular weight excluding hydrogens is 308 g/mol. The number of nitrogens with zero attached hydrogens (tertiary/aromatic N) is 2. The predicted octanol–water partition coefficient (Wildman–Crippen LogP) is 2.44. The largest absolute Gasteiger partial charge is 0.312 e. The Morgan fingerprint density at radius 1 is 1.38 bits per heavy atom. The number of rotatable bonds is 7. The van der Waals surface area contributed by atoms with Gasteiger partial charge in [0.15, 0.2) is 0 Å². The number of anilines is 1. The van der Waals surface area contributed by atoms with Gasteiger partial charge in [0.1, 0.15) is 4.21 Å². The molecule has 0 aromatic carbocycles. The molecule has 0 atom stereocenters. The molecule has 0 amide bonds. The molecule has 0 saturated carbocycles. The Bertz CT molecular complexity index is 689. The van der Waals surface area contributed by atoms with Crippen molar-refractivity contribution < 1.29 is 8.42 Å². The van der Waals surface area contributed by atoms with Gasteiger partial charge < -0.3 is 5.32 Å². The minimum atomic E-state index is -3.54. The van der Waals surface area contributed by atoms with Crippen molar-refractivity contribution in [3.05, 3.63) is 29.4 Å². The fourth-order valence-electron chi connectivity index (χ4n) is 1.72. The number of thiophene rings is 1. The summed E-state index contributed by atoms with van der Waals surface area (Å²) in [7, 11) is -3.54. The van der Waals surface area contributed by atoms with E-state index < -0.39 is 10.0 Å². The molecule has 2 aromatic rings. The van der Waals surface area contributed by atoms with Crippen molar-refractivity contribution in [3.8, 4) is 0 Å². The Hall–Kier alpha value is -1.38. The molecule has 0 spiro atoms. The minimum Gasteiger partial charge on any atom is -0.312 e. The van der Waals surface area contributed by atoms with E-state index in [4.69, 9.17) is 0 Å². The standard InChI is InChI=1S/C13H20N4O2S2/c1-4-14-8-12-5-6-13(20-12)21(18,19)16-11-7-15-17(9-11)10(2)3/h5-7,9-10,14,16H,4,8H2,1-3H3. The van der Waals surface area contributed by atoms with Crippen molar-refractivity contribution in [3.63, 3.8) is 0 Å². The number of hydrogen-bond acceptors (Lipinski definition) is 5. The van der Waals surface area contributed by atoms with Crippen LogP contribution in [0.4, 0.5) is 5.69 Å². The lowest BCUT2D eigenvalue weighted by molar-refractivity contribution is 0.532. The van der Waals surface area contributed by atoms with E-state index in [0.29, 0.717) is 16.4 Å². The van der Waals surface area contributed by atoms with Crippen LogP contribution in [0.1, 0.15) is 31.7 Å². The van der Waals surface area contributed by atoms with Crippen LogP contribution in [0.15, 0.2) is 28.7 Å². The predicted molar refractivity (Wildman–Crippen MR) is 85.1 cm³/mol. The fraction of sp³-hybridized carbons (Fsp3) is 0.462. The number of nitrogens with one attached hydrogen (secondary N) is 2. The Labute approximate surface area is 129 Å². The van der Waals surface area contributed by atoms with Gasteiger partial charge in [-0.05, 0) is 32.5 Å². The zero-order valence-electron chi connectivity index (χ0n) is 12.3. The van der Waals surface area contributed by atoms with E-state index in [-0.39, 0.29) is 6.04 Å². The van der Waals surface area contributed by atoms with Gasteiger partial charge in [-0.2, -0.15) is 5.10 Å². The first kappa shape index (κ1) is 16.0. The number of sulfonamides is 1. The van der Waals surface area contributed by atoms with E-state index in [1.54, 1.807) is 16.9 Å². The smallest absolute Gasteiger partial charge is 0.271 e. The van der Waals surface area contributed by atoms with Gasteiger partial charge in [-0.3, -0.25) is 9.40 Å². The average molecular weight is 328 g/mol. The first-order chi connectivity index (χ1) is 9.92. The lowest BCUT2D eigenvalue weighted by Gasteiger charge is -2.04. The number of hydrogen-bond donors (Lipinski definition) is 2. The summed E-state index contributed by atoms with van der Waals surface area (Å²) < 4.78 is 29.2. The summed E-state index contributed by atoms with van der Waals surface area (Å²) in [5, 5.41) is 7.30. The highest BCUT2D eigenvalue weighted by atomic mass is 32.2. The van der Waals surface area contributed by atoms with E-state index in [0.717, 1.165) is 11.4 Å². The van der Waals surface area contributed by atoms with E-state index in [1.807, 2.05) is 26.8 Å². The van der Waals surface area contributed by atoms with Crippen LogP contribution < -0.4 is 10.0 Å². The van der Waals surface area contributed by atoms with Crippen LogP contribution in [0, 0.1) is 0 Å². The third kappa shape index (κ3) is 4.05. The monoisotopic (exact) mass is 328 g/mol. The van der Waals surface area contributed by atoms with Crippen LogP contribution in [-0.4, -0.2) is 24.7 Å². The first-order valence-electron chi connectivity index (χ1n) is 6.78. The topological polar surface area (TPSA) is 76.0 Å². The Balaban J connectivity index is 2.11. The summed E-state index contributed by atoms with van der Waals surface area (Å²) in [6.07, 6.45) is 3.21. The van der Waals surface area contributed by atoms with Gasteiger partial charge in [0.25, 0.3) is 10.0 Å². The van der Waals surface area contributed by atoms with E-state index in [9.17, 15) is 8.42 Å². The molecule has 8 heteroatoms. The minimum absolute atomic E-state index is 0.191. The van der Waals surface area contributed by atoms with Crippen molar-refractivity contribution >= 4 is 27.0 Å². The molecule has 0 saturated heterocycles. The van der Waals surface area contributed by atoms with Crippen molar-refractivity contribution in [2.75, 3.05) is 11.3 Å². The summed E-state index contributed by atoms with van der Waals surface area (Å²) in [6, 6.07) is 3.66. The van der Waals surface area contributed by atoms with Gasteiger partial charge in [-0.1, -0.05) is 6.92 Å². The molecule has 2 rings (SSSR count). The molecule has 116 valence electrons. The molecule has 21 heavy (non-hydrogen) atoms.